The van der Waals surface area contributed by atoms with Crippen LogP contribution in [0, 0.1) is 0 Å². The zero-order valence-corrected chi connectivity index (χ0v) is 7.24. The third kappa shape index (κ3) is 1.15. The van der Waals surface area contributed by atoms with Crippen molar-refractivity contribution < 1.29 is 0 Å². The summed E-state index contributed by atoms with van der Waals surface area (Å²) >= 11 is 5.83. The SMILES string of the molecule is O=c1[nH]cc2c(c1Cl)CNCC2. The van der Waals surface area contributed by atoms with Crippen LogP contribution >= 0.6 is 11.6 Å². The molecule has 0 aromatic carbocycles. The lowest BCUT2D eigenvalue weighted by molar-refractivity contribution is 0.640. The predicted octanol–water partition coefficient (Wildman–Crippen LogP) is 0.674. The van der Waals surface area contributed by atoms with Crippen LogP contribution in [0.5, 0.6) is 0 Å². The van der Waals surface area contributed by atoms with E-state index in [9.17, 15) is 4.79 Å². The molecule has 0 saturated carbocycles. The van der Waals surface area contributed by atoms with Gasteiger partial charge in [-0.25, -0.2) is 0 Å². The molecule has 0 aliphatic carbocycles. The Balaban J connectivity index is 2.61. The zero-order valence-electron chi connectivity index (χ0n) is 6.48. The number of pyridine rings is 1. The van der Waals surface area contributed by atoms with Gasteiger partial charge in [0.15, 0.2) is 0 Å². The van der Waals surface area contributed by atoms with Gasteiger partial charge in [-0.05, 0) is 24.1 Å². The molecule has 0 spiro atoms. The van der Waals surface area contributed by atoms with E-state index in [1.165, 1.54) is 0 Å². The number of hydrogen-bond acceptors (Lipinski definition) is 2. The Morgan fingerprint density at radius 2 is 2.33 bits per heavy atom. The Bertz CT molecular complexity index is 359. The van der Waals surface area contributed by atoms with Crippen LogP contribution in [-0.2, 0) is 13.0 Å². The molecule has 64 valence electrons. The van der Waals surface area contributed by atoms with E-state index < -0.39 is 0 Å². The van der Waals surface area contributed by atoms with Crippen molar-refractivity contribution in [3.8, 4) is 0 Å². The van der Waals surface area contributed by atoms with Gasteiger partial charge in [0.25, 0.3) is 5.56 Å². The molecule has 0 unspecified atom stereocenters. The lowest BCUT2D eigenvalue weighted by Crippen LogP contribution is -2.26. The van der Waals surface area contributed by atoms with E-state index in [1.54, 1.807) is 6.20 Å². The summed E-state index contributed by atoms with van der Waals surface area (Å²) < 4.78 is 0. The smallest absolute Gasteiger partial charge is 0.267 e. The Labute approximate surface area is 74.8 Å². The van der Waals surface area contributed by atoms with Crippen molar-refractivity contribution in [2.75, 3.05) is 6.54 Å². The first kappa shape index (κ1) is 7.83. The molecule has 0 amide bonds. The normalized spacial score (nSPS) is 15.8. The number of halogens is 1. The second-order valence-corrected chi connectivity index (χ2v) is 3.24. The molecule has 4 heteroatoms. The molecule has 1 aliphatic rings. The van der Waals surface area contributed by atoms with Crippen LogP contribution < -0.4 is 10.9 Å². The maximum atomic E-state index is 11.1. The van der Waals surface area contributed by atoms with E-state index >= 15 is 0 Å². The third-order valence-corrected chi connectivity index (χ3v) is 2.50. The van der Waals surface area contributed by atoms with Crippen molar-refractivity contribution in [3.05, 3.63) is 32.7 Å². The van der Waals surface area contributed by atoms with Crippen molar-refractivity contribution in [2.45, 2.75) is 13.0 Å². The van der Waals surface area contributed by atoms with Gasteiger partial charge >= 0.3 is 0 Å². The minimum atomic E-state index is -0.195. The largest absolute Gasteiger partial charge is 0.328 e. The number of hydrogen-bond donors (Lipinski definition) is 2. The fourth-order valence-electron chi connectivity index (χ4n) is 1.43. The van der Waals surface area contributed by atoms with Crippen LogP contribution in [-0.4, -0.2) is 11.5 Å². The van der Waals surface area contributed by atoms with Crippen LogP contribution in [0.4, 0.5) is 0 Å². The Hall–Kier alpha value is -0.800. The standard InChI is InChI=1S/C8H9ClN2O/c9-7-6-4-10-2-1-5(6)3-11-8(7)12/h3,10H,1-2,4H2,(H,11,12). The van der Waals surface area contributed by atoms with E-state index in [1.807, 2.05) is 0 Å². The number of aromatic nitrogens is 1. The van der Waals surface area contributed by atoms with E-state index in [2.05, 4.69) is 10.3 Å². The van der Waals surface area contributed by atoms with Gasteiger partial charge in [-0.2, -0.15) is 0 Å². The lowest BCUT2D eigenvalue weighted by atomic mass is 10.0. The molecule has 0 bridgehead atoms. The molecule has 12 heavy (non-hydrogen) atoms. The molecule has 2 N–H and O–H groups in total. The molecule has 1 aromatic heterocycles. The van der Waals surface area contributed by atoms with Gasteiger partial charge in [-0.3, -0.25) is 4.79 Å². The summed E-state index contributed by atoms with van der Waals surface area (Å²) in [7, 11) is 0. The summed E-state index contributed by atoms with van der Waals surface area (Å²) in [5.41, 5.74) is 1.91. The average molecular weight is 185 g/mol. The minimum absolute atomic E-state index is 0.195. The minimum Gasteiger partial charge on any atom is -0.328 e. The molecular formula is C8H9ClN2O. The first-order valence-corrected chi connectivity index (χ1v) is 4.26. The van der Waals surface area contributed by atoms with Gasteiger partial charge in [0.2, 0.25) is 0 Å². The van der Waals surface area contributed by atoms with Gasteiger partial charge in [-0.1, -0.05) is 11.6 Å². The molecule has 0 saturated heterocycles. The van der Waals surface area contributed by atoms with Gasteiger partial charge in [0.1, 0.15) is 5.02 Å². The number of fused-ring (bicyclic) bond motifs is 1. The summed E-state index contributed by atoms with van der Waals surface area (Å²) in [4.78, 5) is 13.7. The molecular weight excluding hydrogens is 176 g/mol. The van der Waals surface area contributed by atoms with E-state index in [4.69, 9.17) is 11.6 Å². The number of aromatic amines is 1. The van der Waals surface area contributed by atoms with Crippen molar-refractivity contribution in [3.63, 3.8) is 0 Å². The van der Waals surface area contributed by atoms with Crippen molar-refractivity contribution in [1.29, 1.82) is 0 Å². The average Bonchev–Trinajstić information content (AvgIpc) is 2.12. The number of rotatable bonds is 0. The van der Waals surface area contributed by atoms with Crippen molar-refractivity contribution in [1.82, 2.24) is 10.3 Å². The van der Waals surface area contributed by atoms with Gasteiger partial charge < -0.3 is 10.3 Å². The molecule has 0 fully saturated rings. The van der Waals surface area contributed by atoms with Crippen LogP contribution in [0.2, 0.25) is 5.02 Å². The van der Waals surface area contributed by atoms with Gasteiger partial charge in [0.05, 0.1) is 0 Å². The Morgan fingerprint density at radius 1 is 1.50 bits per heavy atom. The Morgan fingerprint density at radius 3 is 3.17 bits per heavy atom. The highest BCUT2D eigenvalue weighted by atomic mass is 35.5. The Kier molecular flexibility index (Phi) is 1.90. The third-order valence-electron chi connectivity index (χ3n) is 2.10. The number of H-pyrrole nitrogens is 1. The maximum absolute atomic E-state index is 11.1. The van der Waals surface area contributed by atoms with Crippen LogP contribution in [0.3, 0.4) is 0 Å². The highest BCUT2D eigenvalue weighted by Crippen LogP contribution is 2.17. The molecule has 2 heterocycles. The second-order valence-electron chi connectivity index (χ2n) is 2.86. The monoisotopic (exact) mass is 184 g/mol. The summed E-state index contributed by atoms with van der Waals surface area (Å²) in [5, 5.41) is 3.50. The molecule has 0 radical (unpaired) electrons. The molecule has 3 nitrogen and oxygen atoms in total. The molecule has 1 aliphatic heterocycles. The molecule has 1 aromatic rings. The van der Waals surface area contributed by atoms with Crippen molar-refractivity contribution >= 4 is 11.6 Å². The summed E-state index contributed by atoms with van der Waals surface area (Å²) in [6, 6.07) is 0. The molecule has 2 rings (SSSR count). The second kappa shape index (κ2) is 2.92. The predicted molar refractivity (Wildman–Crippen MR) is 47.5 cm³/mol. The highest BCUT2D eigenvalue weighted by Gasteiger charge is 2.13. The van der Waals surface area contributed by atoms with Crippen LogP contribution in [0.25, 0.3) is 0 Å². The number of nitrogens with one attached hydrogen (secondary N) is 2. The lowest BCUT2D eigenvalue weighted by Gasteiger charge is -2.16. The first-order chi connectivity index (χ1) is 5.79. The highest BCUT2D eigenvalue weighted by molar-refractivity contribution is 6.31. The quantitative estimate of drug-likeness (QED) is 0.623. The van der Waals surface area contributed by atoms with E-state index in [0.717, 1.165) is 24.1 Å². The fourth-order valence-corrected chi connectivity index (χ4v) is 1.67. The summed E-state index contributed by atoms with van der Waals surface area (Å²) in [6.45, 7) is 1.66. The maximum Gasteiger partial charge on any atom is 0.267 e. The van der Waals surface area contributed by atoms with E-state index in [0.29, 0.717) is 11.6 Å². The van der Waals surface area contributed by atoms with Gasteiger partial charge in [-0.15, -0.1) is 0 Å². The zero-order chi connectivity index (χ0) is 8.55. The molecule has 0 atom stereocenters. The first-order valence-electron chi connectivity index (χ1n) is 3.88. The van der Waals surface area contributed by atoms with Gasteiger partial charge in [0, 0.05) is 12.7 Å². The van der Waals surface area contributed by atoms with E-state index in [-0.39, 0.29) is 5.56 Å². The van der Waals surface area contributed by atoms with Crippen molar-refractivity contribution in [2.24, 2.45) is 0 Å². The fraction of sp³-hybridized carbons (Fsp3) is 0.375. The summed E-state index contributed by atoms with van der Waals surface area (Å²) in [5.74, 6) is 0. The summed E-state index contributed by atoms with van der Waals surface area (Å²) in [6.07, 6.45) is 2.69. The van der Waals surface area contributed by atoms with Crippen LogP contribution in [0.1, 0.15) is 11.1 Å². The van der Waals surface area contributed by atoms with Crippen LogP contribution in [0.15, 0.2) is 11.0 Å². The topological polar surface area (TPSA) is 44.9 Å².